The average molecular weight is 733 g/mol. The molecule has 0 N–H and O–H groups in total. The highest BCUT2D eigenvalue weighted by atomic mass is 14.9. The maximum absolute atomic E-state index is 5.27. The Morgan fingerprint density at radius 2 is 1.04 bits per heavy atom. The molecule has 0 aliphatic rings. The van der Waals surface area contributed by atoms with Crippen LogP contribution in [0.15, 0.2) is 194 Å². The Hall–Kier alpha value is -7.70. The lowest BCUT2D eigenvalue weighted by Crippen LogP contribution is -1.97. The molecular weight excluding hydrogens is 697 g/mol. The van der Waals surface area contributed by atoms with E-state index in [0.717, 1.165) is 94.4 Å². The van der Waals surface area contributed by atoms with Crippen LogP contribution in [-0.4, -0.2) is 31.6 Å². The first-order valence-corrected chi connectivity index (χ1v) is 18.8. The monoisotopic (exact) mass is 732 g/mol. The summed E-state index contributed by atoms with van der Waals surface area (Å²) in [5.41, 5.74) is 15.1. The molecule has 0 unspecified atom stereocenters. The number of hydrogen-bond donors (Lipinski definition) is 0. The average Bonchev–Trinajstić information content (AvgIpc) is 3.29. The van der Waals surface area contributed by atoms with E-state index in [4.69, 9.17) is 9.97 Å². The van der Waals surface area contributed by atoms with Crippen LogP contribution in [0.3, 0.4) is 0 Å². The molecule has 6 heteroatoms. The van der Waals surface area contributed by atoms with E-state index in [9.17, 15) is 0 Å². The van der Waals surface area contributed by atoms with Crippen molar-refractivity contribution in [2.24, 2.45) is 4.99 Å². The molecule has 0 aliphatic carbocycles. The molecule has 0 amide bonds. The zero-order valence-electron chi connectivity index (χ0n) is 31.3. The van der Waals surface area contributed by atoms with Gasteiger partial charge in [0.05, 0.1) is 22.4 Å². The van der Waals surface area contributed by atoms with Crippen LogP contribution in [0.5, 0.6) is 0 Å². The van der Waals surface area contributed by atoms with Crippen molar-refractivity contribution in [1.29, 1.82) is 0 Å². The van der Waals surface area contributed by atoms with Gasteiger partial charge in [0.25, 0.3) is 0 Å². The van der Waals surface area contributed by atoms with Crippen molar-refractivity contribution in [3.63, 3.8) is 0 Å². The molecule has 0 atom stereocenters. The highest BCUT2D eigenvalue weighted by Crippen LogP contribution is 2.35. The molecule has 5 aromatic carbocycles. The fraction of sp³-hybridized carbons (Fsp3) is 0.0196. The van der Waals surface area contributed by atoms with Gasteiger partial charge in [0, 0.05) is 58.5 Å². The van der Waals surface area contributed by atoms with Crippen molar-refractivity contribution in [3.8, 4) is 67.3 Å². The van der Waals surface area contributed by atoms with Crippen molar-refractivity contribution in [3.05, 3.63) is 194 Å². The number of aromatic nitrogens is 5. The van der Waals surface area contributed by atoms with Crippen LogP contribution in [0.4, 0.5) is 0 Å². The zero-order chi connectivity index (χ0) is 38.6. The molecule has 4 heterocycles. The van der Waals surface area contributed by atoms with E-state index in [1.807, 2.05) is 74.2 Å². The van der Waals surface area contributed by atoms with E-state index in [-0.39, 0.29) is 0 Å². The summed E-state index contributed by atoms with van der Waals surface area (Å²) in [6.07, 6.45) is 13.1. The van der Waals surface area contributed by atoms with Crippen LogP contribution < -0.4 is 0 Å². The van der Waals surface area contributed by atoms with Crippen molar-refractivity contribution >= 4 is 34.1 Å². The number of benzene rings is 5. The third-order valence-electron chi connectivity index (χ3n) is 10.2. The van der Waals surface area contributed by atoms with E-state index >= 15 is 0 Å². The predicted molar refractivity (Wildman–Crippen MR) is 235 cm³/mol. The van der Waals surface area contributed by atoms with Crippen LogP contribution >= 0.6 is 0 Å². The normalized spacial score (nSPS) is 11.7. The summed E-state index contributed by atoms with van der Waals surface area (Å²) in [5.74, 6) is 0.620. The van der Waals surface area contributed by atoms with Gasteiger partial charge in [0.15, 0.2) is 5.82 Å². The molecule has 0 spiro atoms. The van der Waals surface area contributed by atoms with E-state index < -0.39 is 0 Å². The molecule has 9 rings (SSSR count). The minimum absolute atomic E-state index is 0.620. The molecule has 9 aromatic rings. The Morgan fingerprint density at radius 3 is 1.58 bits per heavy atom. The van der Waals surface area contributed by atoms with Gasteiger partial charge in [-0.1, -0.05) is 91.0 Å². The predicted octanol–water partition coefficient (Wildman–Crippen LogP) is 12.6. The maximum Gasteiger partial charge on any atom is 0.160 e. The van der Waals surface area contributed by atoms with Crippen molar-refractivity contribution in [2.45, 2.75) is 6.92 Å². The third kappa shape index (κ3) is 7.15. The van der Waals surface area contributed by atoms with E-state index in [2.05, 4.69) is 142 Å². The van der Waals surface area contributed by atoms with Gasteiger partial charge in [-0.25, -0.2) is 9.97 Å². The fourth-order valence-corrected chi connectivity index (χ4v) is 7.33. The molecule has 0 saturated carbocycles. The summed E-state index contributed by atoms with van der Waals surface area (Å²) in [6, 6.07) is 50.4. The van der Waals surface area contributed by atoms with Gasteiger partial charge in [-0.3, -0.25) is 19.9 Å². The topological polar surface area (TPSA) is 76.8 Å². The van der Waals surface area contributed by atoms with Gasteiger partial charge in [-0.2, -0.15) is 0 Å². The highest BCUT2D eigenvalue weighted by Gasteiger charge is 2.15. The summed E-state index contributed by atoms with van der Waals surface area (Å²) in [7, 11) is 0. The second kappa shape index (κ2) is 15.6. The molecule has 270 valence electrons. The largest absolute Gasteiger partial charge is 0.272 e. The number of para-hydroxylation sites is 2. The molecular formula is C51H36N6. The first-order chi connectivity index (χ1) is 28.1. The number of fused-ring (bicyclic) bond motifs is 2. The van der Waals surface area contributed by atoms with Crippen LogP contribution in [-0.2, 0) is 0 Å². The number of allylic oxidation sites excluding steroid dienone is 3. The Balaban J connectivity index is 1.19. The smallest absolute Gasteiger partial charge is 0.160 e. The first kappa shape index (κ1) is 35.0. The second-order valence-corrected chi connectivity index (χ2v) is 13.6. The standard InChI is InChI=1S/C51H36N6/c1-3-34(20-25-52-2)40-30-41(35-21-26-53-27-22-35)32-42(31-40)51-56-49(38-16-12-36(13-17-38)43-23-28-54-47-10-6-4-8-45(43)47)33-50(57-51)39-18-14-37(15-19-39)44-24-29-55-48-11-7-5-9-46(44)48/h3-33H,2H2,1H3/b25-20-,34-3+. The van der Waals surface area contributed by atoms with Gasteiger partial charge in [0.1, 0.15) is 0 Å². The molecule has 0 radical (unpaired) electrons. The van der Waals surface area contributed by atoms with Crippen molar-refractivity contribution < 1.29 is 0 Å². The molecule has 0 saturated heterocycles. The number of nitrogens with zero attached hydrogens (tertiary/aromatic N) is 6. The zero-order valence-corrected chi connectivity index (χ0v) is 31.3. The Morgan fingerprint density at radius 1 is 0.509 bits per heavy atom. The summed E-state index contributed by atoms with van der Waals surface area (Å²) in [4.78, 5) is 27.9. The van der Waals surface area contributed by atoms with Crippen molar-refractivity contribution in [1.82, 2.24) is 24.9 Å². The number of rotatable bonds is 9. The lowest BCUT2D eigenvalue weighted by atomic mass is 9.95. The summed E-state index contributed by atoms with van der Waals surface area (Å²) in [6.45, 7) is 5.66. The first-order valence-electron chi connectivity index (χ1n) is 18.8. The number of pyridine rings is 3. The van der Waals surface area contributed by atoms with Crippen LogP contribution in [0.2, 0.25) is 0 Å². The molecule has 57 heavy (non-hydrogen) atoms. The Labute approximate surface area is 331 Å². The summed E-state index contributed by atoms with van der Waals surface area (Å²) in [5, 5.41) is 2.23. The van der Waals surface area contributed by atoms with E-state index in [1.165, 1.54) is 0 Å². The second-order valence-electron chi connectivity index (χ2n) is 13.6. The lowest BCUT2D eigenvalue weighted by Gasteiger charge is -2.14. The molecule has 6 nitrogen and oxygen atoms in total. The van der Waals surface area contributed by atoms with Gasteiger partial charge in [0.2, 0.25) is 0 Å². The quantitative estimate of drug-likeness (QED) is 0.109. The summed E-state index contributed by atoms with van der Waals surface area (Å²) < 4.78 is 0. The van der Waals surface area contributed by atoms with Gasteiger partial charge < -0.3 is 0 Å². The van der Waals surface area contributed by atoms with Crippen LogP contribution in [0.25, 0.3) is 94.7 Å². The van der Waals surface area contributed by atoms with Gasteiger partial charge in [-0.15, -0.1) is 0 Å². The lowest BCUT2D eigenvalue weighted by molar-refractivity contribution is 1.18. The Kier molecular flexibility index (Phi) is 9.57. The number of aliphatic imine (C=N–C) groups is 1. The van der Waals surface area contributed by atoms with Gasteiger partial charge in [-0.05, 0) is 125 Å². The third-order valence-corrected chi connectivity index (χ3v) is 10.2. The van der Waals surface area contributed by atoms with E-state index in [0.29, 0.717) is 5.82 Å². The van der Waals surface area contributed by atoms with Crippen LogP contribution in [0.1, 0.15) is 12.5 Å². The minimum atomic E-state index is 0.620. The maximum atomic E-state index is 5.27. The Bertz CT molecular complexity index is 2820. The van der Waals surface area contributed by atoms with Crippen LogP contribution in [0, 0.1) is 0 Å². The summed E-state index contributed by atoms with van der Waals surface area (Å²) >= 11 is 0. The molecule has 0 bridgehead atoms. The fourth-order valence-electron chi connectivity index (χ4n) is 7.33. The molecule has 4 aromatic heterocycles. The van der Waals surface area contributed by atoms with Gasteiger partial charge >= 0.3 is 0 Å². The SMILES string of the molecule is C=N/C=C\C(=C/C)c1cc(-c2ccncc2)cc(-c2nc(-c3ccc(-c4ccnc5ccccc45)cc3)cc(-c3ccc(-c4ccnc5ccccc45)cc3)n2)c1. The van der Waals surface area contributed by atoms with E-state index in [1.54, 1.807) is 6.20 Å². The van der Waals surface area contributed by atoms with Crippen molar-refractivity contribution in [2.75, 3.05) is 0 Å². The molecule has 0 aliphatic heterocycles. The molecule has 0 fully saturated rings. The number of hydrogen-bond acceptors (Lipinski definition) is 6. The highest BCUT2D eigenvalue weighted by molar-refractivity contribution is 5.96. The minimum Gasteiger partial charge on any atom is -0.272 e.